The van der Waals surface area contributed by atoms with E-state index in [0.717, 1.165) is 42.3 Å². The number of nitrogens with zero attached hydrogens (tertiary/aromatic N) is 1. The van der Waals surface area contributed by atoms with Crippen molar-refractivity contribution in [1.29, 1.82) is 0 Å². The van der Waals surface area contributed by atoms with E-state index >= 15 is 0 Å². The molecule has 1 aliphatic carbocycles. The minimum Gasteiger partial charge on any atom is -0.393 e. The summed E-state index contributed by atoms with van der Waals surface area (Å²) < 4.78 is 0. The number of H-pyrrole nitrogens is 1. The highest BCUT2D eigenvalue weighted by Gasteiger charge is 2.18. The highest BCUT2D eigenvalue weighted by molar-refractivity contribution is 5.81. The zero-order chi connectivity index (χ0) is 11.7. The summed E-state index contributed by atoms with van der Waals surface area (Å²) in [6.07, 6.45) is 5.65. The number of hydrogen-bond acceptors (Lipinski definition) is 3. The van der Waals surface area contributed by atoms with Gasteiger partial charge in [-0.15, -0.1) is 0 Å². The maximum atomic E-state index is 9.47. The lowest BCUT2D eigenvalue weighted by molar-refractivity contribution is 0.126. The fourth-order valence-corrected chi connectivity index (χ4v) is 2.49. The molecule has 2 aromatic rings. The third kappa shape index (κ3) is 2.26. The van der Waals surface area contributed by atoms with Gasteiger partial charge in [0.15, 0.2) is 0 Å². The number of aromatic nitrogens is 2. The summed E-state index contributed by atoms with van der Waals surface area (Å²) in [6.45, 7) is 0. The molecule has 0 saturated heterocycles. The summed E-state index contributed by atoms with van der Waals surface area (Å²) in [5.74, 6) is 0. The Bertz CT molecular complexity index is 500. The molecule has 1 aromatic carbocycles. The summed E-state index contributed by atoms with van der Waals surface area (Å²) in [5.41, 5.74) is 2.20. The summed E-state index contributed by atoms with van der Waals surface area (Å²) >= 11 is 0. The molecule has 17 heavy (non-hydrogen) atoms. The van der Waals surface area contributed by atoms with Crippen molar-refractivity contribution in [2.45, 2.75) is 37.8 Å². The fourth-order valence-electron chi connectivity index (χ4n) is 2.49. The van der Waals surface area contributed by atoms with Gasteiger partial charge >= 0.3 is 0 Å². The molecule has 1 aromatic heterocycles. The number of nitrogens with one attached hydrogen (secondary N) is 2. The topological polar surface area (TPSA) is 60.9 Å². The van der Waals surface area contributed by atoms with Crippen molar-refractivity contribution < 1.29 is 5.11 Å². The van der Waals surface area contributed by atoms with Gasteiger partial charge in [-0.2, -0.15) is 5.10 Å². The number of rotatable bonds is 2. The standard InChI is InChI=1S/C13H17N3O/c17-12-4-1-10(2-5-12)15-11-3-6-13-9(7-11)8-14-16-13/h3,6-8,10,12,15,17H,1-2,4-5H2,(H,14,16). The molecule has 3 N–H and O–H groups in total. The SMILES string of the molecule is OC1CCC(Nc2ccc3[nH]ncc3c2)CC1. The second kappa shape index (κ2) is 4.37. The molecule has 4 heteroatoms. The van der Waals surface area contributed by atoms with Crippen LogP contribution in [0.2, 0.25) is 0 Å². The van der Waals surface area contributed by atoms with Crippen LogP contribution in [-0.2, 0) is 0 Å². The van der Waals surface area contributed by atoms with Crippen molar-refractivity contribution >= 4 is 16.6 Å². The molecule has 0 amide bonds. The van der Waals surface area contributed by atoms with Gasteiger partial charge in [0, 0.05) is 17.1 Å². The molecule has 1 heterocycles. The molecular formula is C13H17N3O. The second-order valence-electron chi connectivity index (χ2n) is 4.82. The summed E-state index contributed by atoms with van der Waals surface area (Å²) in [5, 5.41) is 21.1. The predicted molar refractivity (Wildman–Crippen MR) is 68.0 cm³/mol. The van der Waals surface area contributed by atoms with Crippen LogP contribution in [0.3, 0.4) is 0 Å². The third-order valence-electron chi connectivity index (χ3n) is 3.51. The minimum absolute atomic E-state index is 0.0931. The zero-order valence-electron chi connectivity index (χ0n) is 9.69. The quantitative estimate of drug-likeness (QED) is 0.743. The van der Waals surface area contributed by atoms with Crippen molar-refractivity contribution in [3.8, 4) is 0 Å². The average Bonchev–Trinajstić information content (AvgIpc) is 2.79. The molecule has 0 aliphatic heterocycles. The number of hydrogen-bond donors (Lipinski definition) is 3. The van der Waals surface area contributed by atoms with Crippen LogP contribution in [0.1, 0.15) is 25.7 Å². The summed E-state index contributed by atoms with van der Waals surface area (Å²) in [4.78, 5) is 0. The molecule has 3 rings (SSSR count). The van der Waals surface area contributed by atoms with E-state index in [9.17, 15) is 5.11 Å². The van der Waals surface area contributed by atoms with Crippen LogP contribution in [-0.4, -0.2) is 27.4 Å². The molecule has 0 atom stereocenters. The van der Waals surface area contributed by atoms with Gasteiger partial charge in [0.25, 0.3) is 0 Å². The molecule has 0 radical (unpaired) electrons. The first kappa shape index (κ1) is 10.6. The molecule has 4 nitrogen and oxygen atoms in total. The Hall–Kier alpha value is -1.55. The lowest BCUT2D eigenvalue weighted by atomic mass is 9.93. The van der Waals surface area contributed by atoms with E-state index in [-0.39, 0.29) is 6.10 Å². The molecule has 1 aliphatic rings. The first-order valence-electron chi connectivity index (χ1n) is 6.19. The highest BCUT2D eigenvalue weighted by Crippen LogP contribution is 2.23. The molecule has 1 saturated carbocycles. The predicted octanol–water partition coefficient (Wildman–Crippen LogP) is 2.28. The Morgan fingerprint density at radius 2 is 2.06 bits per heavy atom. The molecule has 1 fully saturated rings. The maximum absolute atomic E-state index is 9.47. The Morgan fingerprint density at radius 1 is 1.24 bits per heavy atom. The smallest absolute Gasteiger partial charge is 0.0651 e. The van der Waals surface area contributed by atoms with Crippen molar-refractivity contribution in [2.24, 2.45) is 0 Å². The summed E-state index contributed by atoms with van der Waals surface area (Å²) in [7, 11) is 0. The molecule has 90 valence electrons. The van der Waals surface area contributed by atoms with Crippen LogP contribution in [0, 0.1) is 0 Å². The van der Waals surface area contributed by atoms with E-state index in [2.05, 4.69) is 27.6 Å². The van der Waals surface area contributed by atoms with Gasteiger partial charge in [0.05, 0.1) is 17.8 Å². The van der Waals surface area contributed by atoms with E-state index < -0.39 is 0 Å². The number of aliphatic hydroxyl groups excluding tert-OH is 1. The van der Waals surface area contributed by atoms with E-state index in [1.807, 2.05) is 12.3 Å². The van der Waals surface area contributed by atoms with Gasteiger partial charge in [-0.3, -0.25) is 5.10 Å². The normalized spacial score (nSPS) is 25.0. The molecular weight excluding hydrogens is 214 g/mol. The first-order chi connectivity index (χ1) is 8.31. The van der Waals surface area contributed by atoms with E-state index in [1.165, 1.54) is 0 Å². The van der Waals surface area contributed by atoms with Crippen LogP contribution in [0.25, 0.3) is 10.9 Å². The first-order valence-corrected chi connectivity index (χ1v) is 6.19. The summed E-state index contributed by atoms with van der Waals surface area (Å²) in [6, 6.07) is 6.72. The monoisotopic (exact) mass is 231 g/mol. The van der Waals surface area contributed by atoms with Gasteiger partial charge < -0.3 is 10.4 Å². The number of aromatic amines is 1. The number of anilines is 1. The average molecular weight is 231 g/mol. The Kier molecular flexibility index (Phi) is 2.73. The van der Waals surface area contributed by atoms with Crippen LogP contribution in [0.15, 0.2) is 24.4 Å². The number of aliphatic hydroxyl groups is 1. The van der Waals surface area contributed by atoms with E-state index in [4.69, 9.17) is 0 Å². The van der Waals surface area contributed by atoms with Crippen LogP contribution in [0.5, 0.6) is 0 Å². The Balaban J connectivity index is 1.71. The Morgan fingerprint density at radius 3 is 2.88 bits per heavy atom. The highest BCUT2D eigenvalue weighted by atomic mass is 16.3. The van der Waals surface area contributed by atoms with Crippen LogP contribution < -0.4 is 5.32 Å². The van der Waals surface area contributed by atoms with Crippen molar-refractivity contribution in [2.75, 3.05) is 5.32 Å². The Labute approximate surface area is 100 Å². The van der Waals surface area contributed by atoms with Gasteiger partial charge in [-0.1, -0.05) is 0 Å². The lowest BCUT2D eigenvalue weighted by Gasteiger charge is -2.27. The van der Waals surface area contributed by atoms with Gasteiger partial charge in [-0.25, -0.2) is 0 Å². The molecule has 0 bridgehead atoms. The van der Waals surface area contributed by atoms with Crippen LogP contribution in [0.4, 0.5) is 5.69 Å². The number of benzene rings is 1. The van der Waals surface area contributed by atoms with Crippen molar-refractivity contribution in [1.82, 2.24) is 10.2 Å². The van der Waals surface area contributed by atoms with Gasteiger partial charge in [0.2, 0.25) is 0 Å². The largest absolute Gasteiger partial charge is 0.393 e. The van der Waals surface area contributed by atoms with Crippen LogP contribution >= 0.6 is 0 Å². The number of fused-ring (bicyclic) bond motifs is 1. The second-order valence-corrected chi connectivity index (χ2v) is 4.82. The van der Waals surface area contributed by atoms with Gasteiger partial charge in [-0.05, 0) is 43.9 Å². The van der Waals surface area contributed by atoms with Crippen molar-refractivity contribution in [3.63, 3.8) is 0 Å². The zero-order valence-corrected chi connectivity index (χ0v) is 9.69. The maximum Gasteiger partial charge on any atom is 0.0651 e. The lowest BCUT2D eigenvalue weighted by Crippen LogP contribution is -2.28. The molecule has 0 unspecified atom stereocenters. The van der Waals surface area contributed by atoms with Crippen molar-refractivity contribution in [3.05, 3.63) is 24.4 Å². The fraction of sp³-hybridized carbons (Fsp3) is 0.462. The third-order valence-corrected chi connectivity index (χ3v) is 3.51. The van der Waals surface area contributed by atoms with Gasteiger partial charge in [0.1, 0.15) is 0 Å². The van der Waals surface area contributed by atoms with E-state index in [0.29, 0.717) is 6.04 Å². The minimum atomic E-state index is -0.0931. The van der Waals surface area contributed by atoms with E-state index in [1.54, 1.807) is 0 Å². The molecule has 0 spiro atoms.